The van der Waals surface area contributed by atoms with E-state index in [2.05, 4.69) is 88.4 Å². The van der Waals surface area contributed by atoms with Crippen LogP contribution in [0.4, 0.5) is 0 Å². The van der Waals surface area contributed by atoms with Crippen molar-refractivity contribution in [2.75, 3.05) is 0 Å². The average Bonchev–Trinajstić information content (AvgIpc) is 4.05. The Hall–Kier alpha value is -8.34. The fraction of sp³-hybridized carbons (Fsp3) is 0. The largest absolute Gasteiger partial charge is 0.452 e. The highest BCUT2D eigenvalue weighted by atomic mass is 16.3. The smallest absolute Gasteiger partial charge is 0.180 e. The number of fused-ring (bicyclic) bond motifs is 6. The molecule has 4 heteroatoms. The predicted octanol–water partition coefficient (Wildman–Crippen LogP) is 15.6. The molecule has 3 heterocycles. The molecule has 0 spiro atoms. The molecule has 0 radical (unpaired) electrons. The molecule has 0 saturated heterocycles. The number of aromatic nitrogens is 3. The molecule has 0 aliphatic rings. The summed E-state index contributed by atoms with van der Waals surface area (Å²) in [4.78, 5) is 9.51. The Morgan fingerprint density at radius 2 is 1.05 bits per heavy atom. The molecule has 13 rings (SSSR count). The molecule has 3 aromatic heterocycles. The Morgan fingerprint density at radius 3 is 1.84 bits per heavy atom. The molecule has 0 aliphatic carbocycles. The lowest BCUT2D eigenvalue weighted by molar-refractivity contribution is 0.667. The molecule has 288 valence electrons. The molecule has 0 bridgehead atoms. The van der Waals surface area contributed by atoms with Crippen molar-refractivity contribution in [2.24, 2.45) is 0 Å². The summed E-state index contributed by atoms with van der Waals surface area (Å²) in [6.07, 6.45) is 0. The van der Waals surface area contributed by atoms with Gasteiger partial charge in [0.25, 0.3) is 0 Å². The van der Waals surface area contributed by atoms with Gasteiger partial charge in [-0.3, -0.25) is 0 Å². The highest BCUT2D eigenvalue weighted by molar-refractivity contribution is 6.36. The van der Waals surface area contributed by atoms with Crippen molar-refractivity contribution in [3.63, 3.8) is 0 Å². The first kappa shape index (κ1) is 23.4. The van der Waals surface area contributed by atoms with Crippen LogP contribution in [0.15, 0.2) is 216 Å². The van der Waals surface area contributed by atoms with Gasteiger partial charge in [0.2, 0.25) is 0 Å². The summed E-state index contributed by atoms with van der Waals surface area (Å²) in [5.41, 5.74) is 4.87. The predicted molar refractivity (Wildman–Crippen MR) is 257 cm³/mol. The quantitative estimate of drug-likeness (QED) is 0.157. The maximum absolute atomic E-state index is 9.39. The van der Waals surface area contributed by atoms with Gasteiger partial charge < -0.3 is 8.98 Å². The average molecular weight is 804 g/mol. The van der Waals surface area contributed by atoms with Gasteiger partial charge in [-0.1, -0.05) is 176 Å². The van der Waals surface area contributed by atoms with Crippen molar-refractivity contribution in [2.45, 2.75) is 0 Å². The van der Waals surface area contributed by atoms with E-state index in [0.29, 0.717) is 5.39 Å². The highest BCUT2D eigenvalue weighted by Gasteiger charge is 2.24. The Balaban J connectivity index is 1.08. The SMILES string of the molecule is [2H]c1c([2H])c([2H])c(-c2nc(-c3c([2H])c([2H])c(-c4c([2H])c([2H])c([2H])c([2H])c4[2H])c([2H])c3[2H])c3oc4ccc(-c5ccc6c7c5c5ccccc5c5cccc(c57)n6-c5ccc(-c6ccccc6)cc5)cc4c3n2)c([2H])c1[2H]. The van der Waals surface area contributed by atoms with Crippen molar-refractivity contribution >= 4 is 65.4 Å². The Morgan fingerprint density at radius 1 is 0.419 bits per heavy atom. The molecule has 0 unspecified atom stereocenters. The molecule has 0 saturated carbocycles. The number of furan rings is 1. The molecular weight excluding hydrogens is 755 g/mol. The standard InChI is InChI=1S/C58H35N3O/c1-4-13-36(14-5-1)38-23-25-40(26-24-38)55-57-56(60-58(59-55)41-17-8-3-9-18-41)48-35-42(29-34-51(48)62-57)44-32-33-50-54-52(44)46-20-11-10-19-45(46)47-21-12-22-49(53(47)54)61(50)43-30-27-39(28-31-43)37-15-6-2-7-16-37/h1-35H/i1D,3D,4D,5D,8D,9D,13D,14D,17D,18D,23D,24D,25D,26D. The molecule has 62 heavy (non-hydrogen) atoms. The summed E-state index contributed by atoms with van der Waals surface area (Å²) in [7, 11) is 0. The van der Waals surface area contributed by atoms with Crippen molar-refractivity contribution in [1.29, 1.82) is 0 Å². The molecule has 0 N–H and O–H groups in total. The molecule has 13 aromatic rings. The second kappa shape index (κ2) is 13.6. The van der Waals surface area contributed by atoms with E-state index in [-0.39, 0.29) is 33.8 Å². The minimum atomic E-state index is -0.748. The van der Waals surface area contributed by atoms with Gasteiger partial charge in [-0.15, -0.1) is 0 Å². The van der Waals surface area contributed by atoms with Crippen LogP contribution in [0.2, 0.25) is 0 Å². The first-order valence-electron chi connectivity index (χ1n) is 26.9. The van der Waals surface area contributed by atoms with Crippen molar-refractivity contribution in [1.82, 2.24) is 14.5 Å². The van der Waals surface area contributed by atoms with Gasteiger partial charge in [0.15, 0.2) is 11.4 Å². The summed E-state index contributed by atoms with van der Waals surface area (Å²) >= 11 is 0. The van der Waals surface area contributed by atoms with Crippen LogP contribution in [-0.4, -0.2) is 14.5 Å². The van der Waals surface area contributed by atoms with E-state index in [9.17, 15) is 5.48 Å². The van der Waals surface area contributed by atoms with Crippen molar-refractivity contribution in [3.05, 3.63) is 212 Å². The lowest BCUT2D eigenvalue weighted by Gasteiger charge is -2.13. The van der Waals surface area contributed by atoms with E-state index < -0.39 is 101 Å². The van der Waals surface area contributed by atoms with Crippen molar-refractivity contribution in [3.8, 4) is 61.7 Å². The number of hydrogen-bond donors (Lipinski definition) is 0. The lowest BCUT2D eigenvalue weighted by Crippen LogP contribution is -1.94. The number of benzene rings is 10. The summed E-state index contributed by atoms with van der Waals surface area (Å²) in [5.74, 6) is -0.387. The summed E-state index contributed by atoms with van der Waals surface area (Å²) in [6, 6.07) is 33.3. The lowest BCUT2D eigenvalue weighted by atomic mass is 9.89. The van der Waals surface area contributed by atoms with Gasteiger partial charge in [0, 0.05) is 38.4 Å². The second-order valence-electron chi connectivity index (χ2n) is 15.0. The van der Waals surface area contributed by atoms with Crippen LogP contribution in [0, 0.1) is 0 Å². The van der Waals surface area contributed by atoms with Crippen LogP contribution >= 0.6 is 0 Å². The van der Waals surface area contributed by atoms with E-state index in [1.54, 1.807) is 6.07 Å². The van der Waals surface area contributed by atoms with Gasteiger partial charge >= 0.3 is 0 Å². The van der Waals surface area contributed by atoms with Crippen LogP contribution < -0.4 is 0 Å². The summed E-state index contributed by atoms with van der Waals surface area (Å²) < 4.78 is 131. The summed E-state index contributed by atoms with van der Waals surface area (Å²) in [6.45, 7) is 0. The zero-order valence-corrected chi connectivity index (χ0v) is 32.4. The van der Waals surface area contributed by atoms with Crippen molar-refractivity contribution < 1.29 is 23.6 Å². The molecule has 0 fully saturated rings. The summed E-state index contributed by atoms with van der Waals surface area (Å²) in [5, 5.41) is 6.69. The number of hydrogen-bond acceptors (Lipinski definition) is 3. The third kappa shape index (κ3) is 5.27. The van der Waals surface area contributed by atoms with Gasteiger partial charge in [0.05, 0.1) is 30.2 Å². The molecule has 4 nitrogen and oxygen atoms in total. The fourth-order valence-electron chi connectivity index (χ4n) is 8.93. The third-order valence-corrected chi connectivity index (χ3v) is 11.6. The maximum Gasteiger partial charge on any atom is 0.180 e. The van der Waals surface area contributed by atoms with Gasteiger partial charge in [0.1, 0.15) is 16.8 Å². The zero-order chi connectivity index (χ0) is 52.9. The van der Waals surface area contributed by atoms with Crippen LogP contribution in [0.3, 0.4) is 0 Å². The molecule has 0 atom stereocenters. The van der Waals surface area contributed by atoms with Gasteiger partial charge in [-0.25, -0.2) is 9.97 Å². The monoisotopic (exact) mass is 803 g/mol. The molecule has 0 aliphatic heterocycles. The zero-order valence-electron chi connectivity index (χ0n) is 46.4. The molecule has 0 amide bonds. The van der Waals surface area contributed by atoms with Crippen LogP contribution in [0.5, 0.6) is 0 Å². The van der Waals surface area contributed by atoms with Crippen LogP contribution in [-0.2, 0) is 0 Å². The highest BCUT2D eigenvalue weighted by Crippen LogP contribution is 2.48. The van der Waals surface area contributed by atoms with E-state index >= 15 is 0 Å². The second-order valence-corrected chi connectivity index (χ2v) is 15.0. The van der Waals surface area contributed by atoms with Gasteiger partial charge in [-0.2, -0.15) is 0 Å². The van der Waals surface area contributed by atoms with E-state index in [1.807, 2.05) is 42.5 Å². The fourth-order valence-corrected chi connectivity index (χ4v) is 8.93. The van der Waals surface area contributed by atoms with Gasteiger partial charge in [-0.05, 0) is 85.9 Å². The van der Waals surface area contributed by atoms with Crippen LogP contribution in [0.1, 0.15) is 19.2 Å². The van der Waals surface area contributed by atoms with E-state index in [0.717, 1.165) is 71.3 Å². The minimum Gasteiger partial charge on any atom is -0.452 e. The normalized spacial score (nSPS) is 15.0. The number of nitrogens with zero attached hydrogens (tertiary/aromatic N) is 3. The topological polar surface area (TPSA) is 43.9 Å². The number of rotatable bonds is 6. The van der Waals surface area contributed by atoms with E-state index in [1.165, 1.54) is 0 Å². The Labute approximate surface area is 376 Å². The molecular formula is C58H35N3O. The Kier molecular flexibility index (Phi) is 5.14. The Bertz CT molecular complexity index is 4600. The maximum atomic E-state index is 9.39. The first-order chi connectivity index (χ1) is 36.6. The van der Waals surface area contributed by atoms with E-state index in [4.69, 9.17) is 23.1 Å². The van der Waals surface area contributed by atoms with Crippen LogP contribution in [0.25, 0.3) is 127 Å². The first-order valence-corrected chi connectivity index (χ1v) is 19.9. The molecule has 10 aromatic carbocycles. The third-order valence-electron chi connectivity index (χ3n) is 11.6. The minimum absolute atomic E-state index is 0.0724.